The lowest BCUT2D eigenvalue weighted by atomic mass is 9.98. The van der Waals surface area contributed by atoms with Crippen LogP contribution in [0.5, 0.6) is 11.6 Å². The molecule has 2 aliphatic rings. The molecular weight excluding hydrogens is 445 g/mol. The minimum atomic E-state index is -5.08. The van der Waals surface area contributed by atoms with E-state index in [1.807, 2.05) is 53.4 Å². The fraction of sp³-hybridized carbons (Fsp3) is 0.409. The van der Waals surface area contributed by atoms with Crippen LogP contribution in [0.1, 0.15) is 12.8 Å². The highest BCUT2D eigenvalue weighted by Gasteiger charge is 2.47. The molecule has 1 amide bonds. The van der Waals surface area contributed by atoms with Gasteiger partial charge in [0.2, 0.25) is 5.88 Å². The Kier molecular flexibility index (Phi) is 7.75. The molecule has 11 heteroatoms. The number of carbonyl (C=O) groups excluding carboxylic acids is 1. The first-order valence-electron chi connectivity index (χ1n) is 10.1. The Morgan fingerprint density at radius 2 is 1.88 bits per heavy atom. The van der Waals surface area contributed by atoms with E-state index in [4.69, 9.17) is 24.1 Å². The first-order valence-corrected chi connectivity index (χ1v) is 10.1. The summed E-state index contributed by atoms with van der Waals surface area (Å²) >= 11 is 0. The maximum atomic E-state index is 12.4. The van der Waals surface area contributed by atoms with E-state index < -0.39 is 12.1 Å². The van der Waals surface area contributed by atoms with Crippen LogP contribution in [0.4, 0.5) is 13.2 Å². The normalized spacial score (nSPS) is 21.9. The van der Waals surface area contributed by atoms with Gasteiger partial charge in [-0.3, -0.25) is 4.79 Å². The SMILES string of the molecule is O=C(COc1ccccc1)N1CC[C@]2(C[C@@H](Oc3ccccn3)CO2)C1.O=C(O)C(F)(F)F. The Bertz CT molecular complexity index is 929. The maximum Gasteiger partial charge on any atom is 0.490 e. The number of nitrogens with zero attached hydrogens (tertiary/aromatic N) is 2. The van der Waals surface area contributed by atoms with E-state index in [1.165, 1.54) is 0 Å². The third kappa shape index (κ3) is 7.07. The minimum absolute atomic E-state index is 0.0107. The number of likely N-dealkylation sites (tertiary alicyclic amines) is 1. The van der Waals surface area contributed by atoms with Gasteiger partial charge in [0.25, 0.3) is 5.91 Å². The summed E-state index contributed by atoms with van der Waals surface area (Å²) in [7, 11) is 0. The molecule has 2 fully saturated rings. The Morgan fingerprint density at radius 1 is 1.18 bits per heavy atom. The number of halogens is 3. The second kappa shape index (κ2) is 10.5. The van der Waals surface area contributed by atoms with Gasteiger partial charge in [-0.05, 0) is 24.6 Å². The summed E-state index contributed by atoms with van der Waals surface area (Å²) < 4.78 is 49.2. The third-order valence-electron chi connectivity index (χ3n) is 5.12. The molecule has 1 N–H and O–H groups in total. The quantitative estimate of drug-likeness (QED) is 0.721. The molecule has 0 saturated carbocycles. The molecular formula is C22H23F3N2O6. The smallest absolute Gasteiger partial charge is 0.484 e. The van der Waals surface area contributed by atoms with Crippen LogP contribution in [0, 0.1) is 0 Å². The lowest BCUT2D eigenvalue weighted by Gasteiger charge is -2.23. The second-order valence-electron chi connectivity index (χ2n) is 7.58. The second-order valence-corrected chi connectivity index (χ2v) is 7.58. The van der Waals surface area contributed by atoms with Gasteiger partial charge in [0.05, 0.1) is 12.2 Å². The molecule has 2 aliphatic heterocycles. The van der Waals surface area contributed by atoms with Crippen molar-refractivity contribution in [2.45, 2.75) is 30.7 Å². The van der Waals surface area contributed by atoms with Crippen molar-refractivity contribution < 1.29 is 42.1 Å². The number of hydrogen-bond donors (Lipinski definition) is 1. The highest BCUT2D eigenvalue weighted by atomic mass is 19.4. The standard InChI is InChI=1S/C20H22N2O4.C2HF3O2/c23-19(14-24-16-6-2-1-3-7-16)22-11-9-20(15-22)12-17(13-25-20)26-18-8-4-5-10-21-18;3-2(4,5)1(6)7/h1-8,10,17H,9,11-15H2;(H,6,7)/t17-,20+;/m1./s1. The van der Waals surface area contributed by atoms with E-state index in [0.29, 0.717) is 31.3 Å². The van der Waals surface area contributed by atoms with Crippen LogP contribution >= 0.6 is 0 Å². The van der Waals surface area contributed by atoms with Gasteiger partial charge in [-0.1, -0.05) is 24.3 Å². The van der Waals surface area contributed by atoms with Crippen LogP contribution in [0.15, 0.2) is 54.7 Å². The van der Waals surface area contributed by atoms with Crippen molar-refractivity contribution in [1.29, 1.82) is 0 Å². The van der Waals surface area contributed by atoms with Gasteiger partial charge in [-0.25, -0.2) is 9.78 Å². The number of aliphatic carboxylic acids is 1. The summed E-state index contributed by atoms with van der Waals surface area (Å²) in [6, 6.07) is 15.0. The zero-order valence-electron chi connectivity index (χ0n) is 17.5. The molecule has 33 heavy (non-hydrogen) atoms. The Balaban J connectivity index is 0.000000383. The van der Waals surface area contributed by atoms with Crippen molar-refractivity contribution in [2.24, 2.45) is 0 Å². The van der Waals surface area contributed by atoms with Crippen LogP contribution in [-0.2, 0) is 14.3 Å². The van der Waals surface area contributed by atoms with E-state index in [1.54, 1.807) is 6.20 Å². The minimum Gasteiger partial charge on any atom is -0.484 e. The van der Waals surface area contributed by atoms with E-state index in [0.717, 1.165) is 12.8 Å². The number of amides is 1. The van der Waals surface area contributed by atoms with Crippen molar-refractivity contribution >= 4 is 11.9 Å². The summed E-state index contributed by atoms with van der Waals surface area (Å²) in [5, 5.41) is 7.12. The zero-order valence-corrected chi connectivity index (χ0v) is 17.5. The van der Waals surface area contributed by atoms with Gasteiger partial charge >= 0.3 is 12.1 Å². The number of carbonyl (C=O) groups is 2. The Hall–Kier alpha value is -3.34. The Labute approximate surface area is 187 Å². The number of carboxylic acid groups (broad SMARTS) is 1. The number of carboxylic acids is 1. The number of rotatable bonds is 5. The molecule has 1 spiro atoms. The molecule has 2 aromatic rings. The number of pyridine rings is 1. The van der Waals surface area contributed by atoms with E-state index in [9.17, 15) is 18.0 Å². The maximum absolute atomic E-state index is 12.4. The van der Waals surface area contributed by atoms with Crippen molar-refractivity contribution in [3.8, 4) is 11.6 Å². The van der Waals surface area contributed by atoms with E-state index in [-0.39, 0.29) is 24.2 Å². The number of benzene rings is 1. The number of alkyl halides is 3. The largest absolute Gasteiger partial charge is 0.490 e. The van der Waals surface area contributed by atoms with Crippen molar-refractivity contribution in [3.63, 3.8) is 0 Å². The highest BCUT2D eigenvalue weighted by Crippen LogP contribution is 2.36. The van der Waals surface area contributed by atoms with Gasteiger partial charge in [0.15, 0.2) is 6.61 Å². The molecule has 178 valence electrons. The van der Waals surface area contributed by atoms with Gasteiger partial charge in [-0.15, -0.1) is 0 Å². The summed E-state index contributed by atoms with van der Waals surface area (Å²) in [6.07, 6.45) is -1.80. The van der Waals surface area contributed by atoms with E-state index in [2.05, 4.69) is 4.98 Å². The van der Waals surface area contributed by atoms with Crippen molar-refractivity contribution in [1.82, 2.24) is 9.88 Å². The van der Waals surface area contributed by atoms with E-state index >= 15 is 0 Å². The van der Waals surface area contributed by atoms with Crippen LogP contribution in [-0.4, -0.2) is 71.1 Å². The van der Waals surface area contributed by atoms with Crippen molar-refractivity contribution in [2.75, 3.05) is 26.3 Å². The average molecular weight is 468 g/mol. The molecule has 1 aromatic carbocycles. The first kappa shape index (κ1) is 24.3. The molecule has 4 rings (SSSR count). The highest BCUT2D eigenvalue weighted by molar-refractivity contribution is 5.78. The number of para-hydroxylation sites is 1. The summed E-state index contributed by atoms with van der Waals surface area (Å²) in [5.74, 6) is -1.45. The number of aromatic nitrogens is 1. The molecule has 0 bridgehead atoms. The van der Waals surface area contributed by atoms with Gasteiger partial charge in [0, 0.05) is 31.8 Å². The predicted molar refractivity (Wildman–Crippen MR) is 109 cm³/mol. The lowest BCUT2D eigenvalue weighted by Crippen LogP contribution is -2.38. The average Bonchev–Trinajstić information content (AvgIpc) is 3.39. The number of ether oxygens (including phenoxy) is 3. The molecule has 0 aliphatic carbocycles. The number of hydrogen-bond acceptors (Lipinski definition) is 6. The predicted octanol–water partition coefficient (Wildman–Crippen LogP) is 2.93. The summed E-state index contributed by atoms with van der Waals surface area (Å²) in [4.78, 5) is 27.4. The summed E-state index contributed by atoms with van der Waals surface area (Å²) in [5.41, 5.74) is -0.304. The van der Waals surface area contributed by atoms with Gasteiger partial charge in [0.1, 0.15) is 11.9 Å². The van der Waals surface area contributed by atoms with Gasteiger partial charge in [-0.2, -0.15) is 13.2 Å². The Morgan fingerprint density at radius 3 is 2.52 bits per heavy atom. The zero-order chi connectivity index (χ0) is 23.9. The third-order valence-corrected chi connectivity index (χ3v) is 5.12. The summed E-state index contributed by atoms with van der Waals surface area (Å²) in [6.45, 7) is 1.85. The first-order chi connectivity index (χ1) is 15.7. The molecule has 0 radical (unpaired) electrons. The molecule has 0 unspecified atom stereocenters. The van der Waals surface area contributed by atoms with Crippen molar-refractivity contribution in [3.05, 3.63) is 54.7 Å². The molecule has 2 atom stereocenters. The molecule has 8 nitrogen and oxygen atoms in total. The molecule has 1 aromatic heterocycles. The fourth-order valence-electron chi connectivity index (χ4n) is 3.56. The molecule has 2 saturated heterocycles. The molecule has 3 heterocycles. The van der Waals surface area contributed by atoms with Crippen LogP contribution in [0.3, 0.4) is 0 Å². The lowest BCUT2D eigenvalue weighted by molar-refractivity contribution is -0.192. The van der Waals surface area contributed by atoms with Crippen LogP contribution in [0.25, 0.3) is 0 Å². The van der Waals surface area contributed by atoms with Crippen LogP contribution in [0.2, 0.25) is 0 Å². The topological polar surface area (TPSA) is 98.2 Å². The van der Waals surface area contributed by atoms with Gasteiger partial charge < -0.3 is 24.2 Å². The van der Waals surface area contributed by atoms with Crippen LogP contribution < -0.4 is 9.47 Å². The fourth-order valence-corrected chi connectivity index (χ4v) is 3.56. The monoisotopic (exact) mass is 468 g/mol.